The van der Waals surface area contributed by atoms with Crippen LogP contribution in [-0.4, -0.2) is 21.7 Å². The van der Waals surface area contributed by atoms with E-state index in [0.29, 0.717) is 5.82 Å². The van der Waals surface area contributed by atoms with Crippen molar-refractivity contribution in [3.8, 4) is 0 Å². The number of aromatic nitrogens is 2. The van der Waals surface area contributed by atoms with Gasteiger partial charge < -0.3 is 11.1 Å². The molecule has 0 radical (unpaired) electrons. The van der Waals surface area contributed by atoms with Crippen LogP contribution in [-0.2, 0) is 11.8 Å². The lowest BCUT2D eigenvalue weighted by Crippen LogP contribution is -2.34. The Morgan fingerprint density at radius 1 is 1.59 bits per heavy atom. The maximum Gasteiger partial charge on any atom is 0.228 e. The second-order valence-corrected chi connectivity index (χ2v) is 4.91. The predicted octanol–water partition coefficient (Wildman–Crippen LogP) is 1.18. The Morgan fingerprint density at radius 2 is 2.35 bits per heavy atom. The minimum atomic E-state index is 0.0427. The average molecular weight is 236 g/mol. The van der Waals surface area contributed by atoms with E-state index in [-0.39, 0.29) is 17.9 Å². The standard InChI is InChI=1S/C12H20N4O/c1-8-6-11(15-16(8)2)14-12(17)9-4-3-5-10(13)7-9/h6,9-10H,3-5,7,13H2,1-2H3,(H,14,15,17). The minimum absolute atomic E-state index is 0.0427. The zero-order valence-corrected chi connectivity index (χ0v) is 10.4. The summed E-state index contributed by atoms with van der Waals surface area (Å²) in [6.45, 7) is 1.96. The van der Waals surface area contributed by atoms with Crippen molar-refractivity contribution in [2.45, 2.75) is 38.6 Å². The summed E-state index contributed by atoms with van der Waals surface area (Å²) in [7, 11) is 1.86. The molecule has 3 N–H and O–H groups in total. The third-order valence-corrected chi connectivity index (χ3v) is 3.45. The highest BCUT2D eigenvalue weighted by molar-refractivity contribution is 5.91. The second kappa shape index (κ2) is 4.87. The van der Waals surface area contributed by atoms with Crippen LogP contribution >= 0.6 is 0 Å². The van der Waals surface area contributed by atoms with E-state index in [4.69, 9.17) is 5.73 Å². The number of hydrogen-bond donors (Lipinski definition) is 2. The summed E-state index contributed by atoms with van der Waals surface area (Å²) in [6, 6.07) is 2.05. The summed E-state index contributed by atoms with van der Waals surface area (Å²) in [4.78, 5) is 12.0. The van der Waals surface area contributed by atoms with Gasteiger partial charge in [-0.2, -0.15) is 5.10 Å². The number of amides is 1. The number of nitrogens with zero attached hydrogens (tertiary/aromatic N) is 2. The molecular weight excluding hydrogens is 216 g/mol. The molecule has 1 heterocycles. The van der Waals surface area contributed by atoms with Gasteiger partial charge in [-0.1, -0.05) is 6.42 Å². The van der Waals surface area contributed by atoms with Gasteiger partial charge in [0.05, 0.1) is 0 Å². The predicted molar refractivity (Wildman–Crippen MR) is 66.5 cm³/mol. The molecule has 0 aromatic carbocycles. The monoisotopic (exact) mass is 236 g/mol. The minimum Gasteiger partial charge on any atom is -0.328 e. The van der Waals surface area contributed by atoms with Crippen LogP contribution in [0.3, 0.4) is 0 Å². The Hall–Kier alpha value is -1.36. The first-order valence-corrected chi connectivity index (χ1v) is 6.13. The number of carbonyl (C=O) groups excluding carboxylic acids is 1. The largest absolute Gasteiger partial charge is 0.328 e. The Morgan fingerprint density at radius 3 is 2.94 bits per heavy atom. The van der Waals surface area contributed by atoms with E-state index >= 15 is 0 Å². The number of nitrogens with one attached hydrogen (secondary N) is 1. The van der Waals surface area contributed by atoms with E-state index in [1.54, 1.807) is 4.68 Å². The van der Waals surface area contributed by atoms with Crippen molar-refractivity contribution in [3.63, 3.8) is 0 Å². The highest BCUT2D eigenvalue weighted by Crippen LogP contribution is 2.24. The van der Waals surface area contributed by atoms with Gasteiger partial charge in [-0.15, -0.1) is 0 Å². The smallest absolute Gasteiger partial charge is 0.228 e. The van der Waals surface area contributed by atoms with Crippen molar-refractivity contribution in [3.05, 3.63) is 11.8 Å². The van der Waals surface area contributed by atoms with E-state index in [1.807, 2.05) is 20.0 Å². The lowest BCUT2D eigenvalue weighted by molar-refractivity contribution is -0.120. The topological polar surface area (TPSA) is 72.9 Å². The van der Waals surface area contributed by atoms with Crippen LogP contribution in [0.1, 0.15) is 31.4 Å². The number of rotatable bonds is 2. The van der Waals surface area contributed by atoms with Gasteiger partial charge in [-0.25, -0.2) is 0 Å². The molecule has 1 aromatic heterocycles. The van der Waals surface area contributed by atoms with Gasteiger partial charge in [0.25, 0.3) is 0 Å². The molecule has 1 aliphatic carbocycles. The molecule has 1 aliphatic rings. The Kier molecular flexibility index (Phi) is 3.47. The van der Waals surface area contributed by atoms with Gasteiger partial charge in [-0.05, 0) is 26.2 Å². The van der Waals surface area contributed by atoms with Gasteiger partial charge in [0, 0.05) is 30.8 Å². The number of carbonyl (C=O) groups is 1. The van der Waals surface area contributed by atoms with Gasteiger partial charge in [0.1, 0.15) is 0 Å². The fraction of sp³-hybridized carbons (Fsp3) is 0.667. The molecule has 2 rings (SSSR count). The molecular formula is C12H20N4O. The summed E-state index contributed by atoms with van der Waals surface area (Å²) in [5.41, 5.74) is 6.91. The van der Waals surface area contributed by atoms with Crippen molar-refractivity contribution >= 4 is 11.7 Å². The molecule has 1 fully saturated rings. The molecule has 1 amide bonds. The normalized spacial score (nSPS) is 24.6. The number of nitrogens with two attached hydrogens (primary N) is 1. The molecule has 0 saturated heterocycles. The lowest BCUT2D eigenvalue weighted by atomic mass is 9.85. The van der Waals surface area contributed by atoms with E-state index < -0.39 is 0 Å². The van der Waals surface area contributed by atoms with Gasteiger partial charge in [0.15, 0.2) is 5.82 Å². The molecule has 0 bridgehead atoms. The average Bonchev–Trinajstić information content (AvgIpc) is 2.58. The quantitative estimate of drug-likeness (QED) is 0.810. The third-order valence-electron chi connectivity index (χ3n) is 3.45. The van der Waals surface area contributed by atoms with E-state index in [9.17, 15) is 4.79 Å². The molecule has 17 heavy (non-hydrogen) atoms. The van der Waals surface area contributed by atoms with Crippen LogP contribution in [0.4, 0.5) is 5.82 Å². The number of hydrogen-bond acceptors (Lipinski definition) is 3. The molecule has 1 aromatic rings. The maximum atomic E-state index is 12.0. The fourth-order valence-corrected chi connectivity index (χ4v) is 2.32. The van der Waals surface area contributed by atoms with Crippen LogP contribution in [0.2, 0.25) is 0 Å². The van der Waals surface area contributed by atoms with Crippen molar-refractivity contribution < 1.29 is 4.79 Å². The number of aryl methyl sites for hydroxylation is 2. The molecule has 5 heteroatoms. The maximum absolute atomic E-state index is 12.0. The molecule has 94 valence electrons. The third kappa shape index (κ3) is 2.85. The molecule has 2 atom stereocenters. The molecule has 1 saturated carbocycles. The molecule has 0 spiro atoms. The van der Waals surface area contributed by atoms with Crippen molar-refractivity contribution in [2.24, 2.45) is 18.7 Å². The van der Waals surface area contributed by atoms with Gasteiger partial charge in [0.2, 0.25) is 5.91 Å². The van der Waals surface area contributed by atoms with Crippen LogP contribution in [0.5, 0.6) is 0 Å². The SMILES string of the molecule is Cc1cc(NC(=O)C2CCCC(N)C2)nn1C. The highest BCUT2D eigenvalue weighted by atomic mass is 16.2. The van der Waals surface area contributed by atoms with E-state index in [2.05, 4.69) is 10.4 Å². The summed E-state index contributed by atoms with van der Waals surface area (Å²) >= 11 is 0. The molecule has 5 nitrogen and oxygen atoms in total. The number of anilines is 1. The van der Waals surface area contributed by atoms with Crippen LogP contribution in [0.25, 0.3) is 0 Å². The van der Waals surface area contributed by atoms with Crippen molar-refractivity contribution in [1.82, 2.24) is 9.78 Å². The zero-order chi connectivity index (χ0) is 12.4. The zero-order valence-electron chi connectivity index (χ0n) is 10.4. The Labute approximate surface area is 101 Å². The first-order valence-electron chi connectivity index (χ1n) is 6.13. The van der Waals surface area contributed by atoms with Crippen LogP contribution in [0.15, 0.2) is 6.07 Å². The first kappa shape index (κ1) is 12.1. The second-order valence-electron chi connectivity index (χ2n) is 4.91. The van der Waals surface area contributed by atoms with Gasteiger partial charge in [-0.3, -0.25) is 9.48 Å². The summed E-state index contributed by atoms with van der Waals surface area (Å²) in [5.74, 6) is 0.730. The summed E-state index contributed by atoms with van der Waals surface area (Å²) in [6.07, 6.45) is 3.80. The Balaban J connectivity index is 1.96. The lowest BCUT2D eigenvalue weighted by Gasteiger charge is -2.25. The van der Waals surface area contributed by atoms with Crippen LogP contribution < -0.4 is 11.1 Å². The molecule has 0 aliphatic heterocycles. The van der Waals surface area contributed by atoms with E-state index in [0.717, 1.165) is 31.4 Å². The van der Waals surface area contributed by atoms with Crippen molar-refractivity contribution in [2.75, 3.05) is 5.32 Å². The fourth-order valence-electron chi connectivity index (χ4n) is 2.32. The molecule has 2 unspecified atom stereocenters. The van der Waals surface area contributed by atoms with Crippen molar-refractivity contribution in [1.29, 1.82) is 0 Å². The van der Waals surface area contributed by atoms with Gasteiger partial charge >= 0.3 is 0 Å². The first-order chi connectivity index (χ1) is 8.06. The van der Waals surface area contributed by atoms with E-state index in [1.165, 1.54) is 0 Å². The Bertz CT molecular complexity index is 393. The van der Waals surface area contributed by atoms with Crippen LogP contribution in [0, 0.1) is 12.8 Å². The summed E-state index contributed by atoms with van der Waals surface area (Å²) in [5, 5.41) is 7.08. The highest BCUT2D eigenvalue weighted by Gasteiger charge is 2.25. The summed E-state index contributed by atoms with van der Waals surface area (Å²) < 4.78 is 1.75.